The molecule has 4 heteroatoms. The average molecular weight is 238 g/mol. The zero-order valence-corrected chi connectivity index (χ0v) is 9.60. The predicted molar refractivity (Wildman–Crippen MR) is 61.7 cm³/mol. The number of aromatic nitrogens is 1. The molecule has 0 fully saturated rings. The Morgan fingerprint density at radius 1 is 1.47 bits per heavy atom. The molecule has 0 aliphatic carbocycles. The lowest BCUT2D eigenvalue weighted by molar-refractivity contribution is 0.103. The Morgan fingerprint density at radius 2 is 2.27 bits per heavy atom. The maximum Gasteiger partial charge on any atom is 0.212 e. The number of aryl methyl sites for hydroxylation is 1. The molecule has 0 aliphatic rings. The summed E-state index contributed by atoms with van der Waals surface area (Å²) in [7, 11) is 0. The molecule has 0 saturated heterocycles. The Kier molecular flexibility index (Phi) is 2.84. The van der Waals surface area contributed by atoms with Crippen LogP contribution >= 0.6 is 22.9 Å². The largest absolute Gasteiger partial charge is 0.287 e. The van der Waals surface area contributed by atoms with Gasteiger partial charge in [-0.3, -0.25) is 4.79 Å². The fraction of sp³-hybridized carbons (Fsp3) is 0.0909. The molecular weight excluding hydrogens is 230 g/mol. The van der Waals surface area contributed by atoms with E-state index in [1.54, 1.807) is 23.0 Å². The minimum absolute atomic E-state index is 0.0729. The number of carbonyl (C=O) groups is 1. The third kappa shape index (κ3) is 2.08. The highest BCUT2D eigenvalue weighted by atomic mass is 35.5. The lowest BCUT2D eigenvalue weighted by Crippen LogP contribution is -2.03. The van der Waals surface area contributed by atoms with Crippen LogP contribution in [0.25, 0.3) is 0 Å². The maximum atomic E-state index is 12.0. The number of benzene rings is 1. The summed E-state index contributed by atoms with van der Waals surface area (Å²) in [4.78, 5) is 16.0. The third-order valence-electron chi connectivity index (χ3n) is 2.11. The van der Waals surface area contributed by atoms with Gasteiger partial charge in [0, 0.05) is 16.0 Å². The van der Waals surface area contributed by atoms with E-state index in [1.807, 2.05) is 13.0 Å². The Hall–Kier alpha value is -1.19. The molecule has 0 N–H and O–H groups in total. The molecule has 15 heavy (non-hydrogen) atoms. The van der Waals surface area contributed by atoms with Crippen molar-refractivity contribution in [2.24, 2.45) is 0 Å². The van der Waals surface area contributed by atoms with E-state index in [2.05, 4.69) is 4.98 Å². The molecule has 0 atom stereocenters. The van der Waals surface area contributed by atoms with Crippen LogP contribution in [0.5, 0.6) is 0 Å². The minimum Gasteiger partial charge on any atom is -0.287 e. The van der Waals surface area contributed by atoms with Crippen LogP contribution in [0.2, 0.25) is 5.02 Å². The zero-order valence-electron chi connectivity index (χ0n) is 8.03. The first-order valence-electron chi connectivity index (χ1n) is 4.37. The van der Waals surface area contributed by atoms with Gasteiger partial charge in [-0.15, -0.1) is 11.3 Å². The number of hydrogen-bond donors (Lipinski definition) is 0. The summed E-state index contributed by atoms with van der Waals surface area (Å²) >= 11 is 7.26. The van der Waals surface area contributed by atoms with E-state index >= 15 is 0 Å². The van der Waals surface area contributed by atoms with Crippen molar-refractivity contribution in [1.29, 1.82) is 0 Å². The molecule has 0 unspecified atom stereocenters. The molecule has 0 amide bonds. The van der Waals surface area contributed by atoms with Crippen molar-refractivity contribution in [3.05, 3.63) is 50.9 Å². The van der Waals surface area contributed by atoms with E-state index in [9.17, 15) is 4.79 Å². The Balaban J connectivity index is 2.46. The monoisotopic (exact) mass is 237 g/mol. The van der Waals surface area contributed by atoms with Gasteiger partial charge in [0.05, 0.1) is 5.51 Å². The van der Waals surface area contributed by atoms with Crippen LogP contribution in [0, 0.1) is 6.92 Å². The van der Waals surface area contributed by atoms with Crippen molar-refractivity contribution in [2.75, 3.05) is 0 Å². The summed E-state index contributed by atoms with van der Waals surface area (Å²) in [5.74, 6) is -0.0729. The first kappa shape index (κ1) is 10.3. The number of thiazole rings is 1. The van der Waals surface area contributed by atoms with Crippen molar-refractivity contribution in [1.82, 2.24) is 4.98 Å². The number of carbonyl (C=O) groups excluding carboxylic acids is 1. The van der Waals surface area contributed by atoms with Crippen molar-refractivity contribution in [3.8, 4) is 0 Å². The molecule has 1 aromatic heterocycles. The van der Waals surface area contributed by atoms with Crippen LogP contribution in [0.3, 0.4) is 0 Å². The quantitative estimate of drug-likeness (QED) is 0.750. The van der Waals surface area contributed by atoms with Gasteiger partial charge in [-0.1, -0.05) is 17.7 Å². The second kappa shape index (κ2) is 4.13. The van der Waals surface area contributed by atoms with Gasteiger partial charge in [-0.05, 0) is 24.6 Å². The first-order valence-corrected chi connectivity index (χ1v) is 5.69. The van der Waals surface area contributed by atoms with Gasteiger partial charge in [0.25, 0.3) is 0 Å². The highest BCUT2D eigenvalue weighted by Gasteiger charge is 2.13. The van der Waals surface area contributed by atoms with E-state index in [0.29, 0.717) is 16.3 Å². The summed E-state index contributed by atoms with van der Waals surface area (Å²) in [6, 6.07) is 5.29. The zero-order chi connectivity index (χ0) is 10.8. The van der Waals surface area contributed by atoms with Gasteiger partial charge in [0.2, 0.25) is 5.78 Å². The van der Waals surface area contributed by atoms with Crippen LogP contribution in [-0.2, 0) is 0 Å². The highest BCUT2D eigenvalue weighted by Crippen LogP contribution is 2.18. The fourth-order valence-electron chi connectivity index (χ4n) is 1.30. The number of hydrogen-bond acceptors (Lipinski definition) is 3. The first-order chi connectivity index (χ1) is 7.18. The van der Waals surface area contributed by atoms with Crippen molar-refractivity contribution in [3.63, 3.8) is 0 Å². The molecule has 0 spiro atoms. The molecule has 0 radical (unpaired) electrons. The molecule has 0 saturated carbocycles. The normalized spacial score (nSPS) is 10.3. The van der Waals surface area contributed by atoms with Gasteiger partial charge in [0.1, 0.15) is 5.69 Å². The van der Waals surface area contributed by atoms with Crippen molar-refractivity contribution < 1.29 is 4.79 Å². The molecule has 0 bridgehead atoms. The summed E-state index contributed by atoms with van der Waals surface area (Å²) < 4.78 is 0. The van der Waals surface area contributed by atoms with Gasteiger partial charge in [-0.2, -0.15) is 0 Å². The molecule has 0 aliphatic heterocycles. The summed E-state index contributed by atoms with van der Waals surface area (Å²) in [5.41, 5.74) is 3.66. The van der Waals surface area contributed by atoms with Gasteiger partial charge >= 0.3 is 0 Å². The van der Waals surface area contributed by atoms with E-state index < -0.39 is 0 Å². The standard InChI is InChI=1S/C11H8ClNOS/c1-7-2-3-8(12)4-9(7)11(14)10-5-15-6-13-10/h2-6H,1H3. The van der Waals surface area contributed by atoms with Crippen LogP contribution in [0.1, 0.15) is 21.6 Å². The molecule has 76 valence electrons. The van der Waals surface area contributed by atoms with Gasteiger partial charge in [-0.25, -0.2) is 4.98 Å². The lowest BCUT2D eigenvalue weighted by Gasteiger charge is -2.02. The van der Waals surface area contributed by atoms with Crippen molar-refractivity contribution >= 4 is 28.7 Å². The SMILES string of the molecule is Cc1ccc(Cl)cc1C(=O)c1cscn1. The fourth-order valence-corrected chi connectivity index (χ4v) is 2.01. The van der Waals surface area contributed by atoms with E-state index in [-0.39, 0.29) is 5.78 Å². The average Bonchev–Trinajstić information content (AvgIpc) is 2.74. The molecule has 2 rings (SSSR count). The lowest BCUT2D eigenvalue weighted by atomic mass is 10.0. The molecule has 2 aromatic rings. The molecule has 2 nitrogen and oxygen atoms in total. The number of nitrogens with zero attached hydrogens (tertiary/aromatic N) is 1. The van der Waals surface area contributed by atoms with Crippen LogP contribution in [0.4, 0.5) is 0 Å². The van der Waals surface area contributed by atoms with E-state index in [1.165, 1.54) is 11.3 Å². The number of ketones is 1. The number of rotatable bonds is 2. The van der Waals surface area contributed by atoms with Crippen LogP contribution < -0.4 is 0 Å². The van der Waals surface area contributed by atoms with E-state index in [4.69, 9.17) is 11.6 Å². The van der Waals surface area contributed by atoms with Gasteiger partial charge in [0.15, 0.2) is 0 Å². The van der Waals surface area contributed by atoms with Crippen LogP contribution in [-0.4, -0.2) is 10.8 Å². The smallest absolute Gasteiger partial charge is 0.212 e. The third-order valence-corrected chi connectivity index (χ3v) is 2.93. The second-order valence-electron chi connectivity index (χ2n) is 3.16. The minimum atomic E-state index is -0.0729. The summed E-state index contributed by atoms with van der Waals surface area (Å²) in [6.45, 7) is 1.88. The van der Waals surface area contributed by atoms with Crippen molar-refractivity contribution in [2.45, 2.75) is 6.92 Å². The maximum absolute atomic E-state index is 12.0. The Labute approximate surface area is 96.5 Å². The molecule has 1 aromatic carbocycles. The summed E-state index contributed by atoms with van der Waals surface area (Å²) in [6.07, 6.45) is 0. The van der Waals surface area contributed by atoms with Crippen LogP contribution in [0.15, 0.2) is 29.1 Å². The Bertz CT molecular complexity index is 493. The number of halogens is 1. The Morgan fingerprint density at radius 3 is 2.93 bits per heavy atom. The molecule has 1 heterocycles. The topological polar surface area (TPSA) is 30.0 Å². The highest BCUT2D eigenvalue weighted by molar-refractivity contribution is 7.07. The summed E-state index contributed by atoms with van der Waals surface area (Å²) in [5, 5.41) is 2.31. The molecular formula is C11H8ClNOS. The van der Waals surface area contributed by atoms with Gasteiger partial charge < -0.3 is 0 Å². The van der Waals surface area contributed by atoms with E-state index in [0.717, 1.165) is 5.56 Å². The second-order valence-corrected chi connectivity index (χ2v) is 4.32. The predicted octanol–water partition coefficient (Wildman–Crippen LogP) is 3.34.